The molecule has 1 aromatic heterocycles. The van der Waals surface area contributed by atoms with Crippen LogP contribution in [0.25, 0.3) is 11.1 Å². The predicted octanol–water partition coefficient (Wildman–Crippen LogP) is 3.18. The molecule has 1 fully saturated rings. The minimum Gasteiger partial charge on any atom is -0.380 e. The van der Waals surface area contributed by atoms with E-state index in [2.05, 4.69) is 24.2 Å². The first kappa shape index (κ1) is 10.4. The smallest absolute Gasteiger partial charge is 0.175 e. The van der Waals surface area contributed by atoms with Crippen molar-refractivity contribution in [1.29, 1.82) is 0 Å². The van der Waals surface area contributed by atoms with Crippen molar-refractivity contribution in [3.05, 3.63) is 35.6 Å². The number of aromatic nitrogens is 1. The van der Waals surface area contributed by atoms with E-state index in [1.54, 1.807) is 0 Å². The van der Waals surface area contributed by atoms with Crippen LogP contribution in [0.15, 0.2) is 28.8 Å². The molecule has 1 heterocycles. The van der Waals surface area contributed by atoms with E-state index in [-0.39, 0.29) is 0 Å². The van der Waals surface area contributed by atoms with Crippen LogP contribution in [0.3, 0.4) is 0 Å². The predicted molar refractivity (Wildman–Crippen MR) is 67.5 cm³/mol. The number of rotatable bonds is 3. The molecule has 0 unspecified atom stereocenters. The monoisotopic (exact) mass is 228 g/mol. The second kappa shape index (κ2) is 3.91. The number of anilines is 1. The van der Waals surface area contributed by atoms with E-state index in [9.17, 15) is 0 Å². The van der Waals surface area contributed by atoms with Gasteiger partial charge in [-0.15, -0.1) is 0 Å². The van der Waals surface area contributed by atoms with E-state index in [0.29, 0.717) is 5.82 Å². The fourth-order valence-corrected chi connectivity index (χ4v) is 2.20. The van der Waals surface area contributed by atoms with Crippen LogP contribution in [-0.2, 0) is 6.42 Å². The molecule has 0 bridgehead atoms. The molecule has 0 spiro atoms. The van der Waals surface area contributed by atoms with Crippen molar-refractivity contribution >= 4 is 5.82 Å². The summed E-state index contributed by atoms with van der Waals surface area (Å²) in [6.45, 7) is 2.09. The van der Waals surface area contributed by atoms with Gasteiger partial charge in [-0.2, -0.15) is 0 Å². The van der Waals surface area contributed by atoms with Crippen molar-refractivity contribution in [2.24, 2.45) is 5.92 Å². The highest BCUT2D eigenvalue weighted by atomic mass is 16.5. The van der Waals surface area contributed by atoms with Gasteiger partial charge in [0.05, 0.1) is 5.56 Å². The first-order chi connectivity index (χ1) is 8.25. The molecule has 0 saturated heterocycles. The van der Waals surface area contributed by atoms with Gasteiger partial charge in [-0.25, -0.2) is 0 Å². The standard InChI is InChI=1S/C14H16N2O/c1-9-4-2-3-5-11(9)13-12(8-10-6-7-10)17-16-14(13)15/h2-5,10H,6-8H2,1H3,(H2,15,16). The number of aryl methyl sites for hydroxylation is 1. The minimum atomic E-state index is 0.509. The Morgan fingerprint density at radius 2 is 2.12 bits per heavy atom. The molecule has 1 aliphatic carbocycles. The summed E-state index contributed by atoms with van der Waals surface area (Å²) in [6.07, 6.45) is 3.56. The molecule has 1 saturated carbocycles. The van der Waals surface area contributed by atoms with Gasteiger partial charge in [-0.1, -0.05) is 29.4 Å². The molecule has 2 N–H and O–H groups in total. The topological polar surface area (TPSA) is 52.0 Å². The lowest BCUT2D eigenvalue weighted by atomic mass is 9.99. The van der Waals surface area contributed by atoms with Crippen LogP contribution in [0.2, 0.25) is 0 Å². The minimum absolute atomic E-state index is 0.509. The first-order valence-electron chi connectivity index (χ1n) is 6.05. The zero-order chi connectivity index (χ0) is 11.8. The second-order valence-corrected chi connectivity index (χ2v) is 4.83. The summed E-state index contributed by atoms with van der Waals surface area (Å²) in [4.78, 5) is 0. The van der Waals surface area contributed by atoms with E-state index in [1.807, 2.05) is 12.1 Å². The number of hydrogen-bond acceptors (Lipinski definition) is 3. The Morgan fingerprint density at radius 1 is 1.35 bits per heavy atom. The number of nitrogen functional groups attached to an aromatic ring is 1. The fraction of sp³-hybridized carbons (Fsp3) is 0.357. The molecule has 3 rings (SSSR count). The van der Waals surface area contributed by atoms with Crippen LogP contribution in [0.4, 0.5) is 5.82 Å². The van der Waals surface area contributed by atoms with Gasteiger partial charge in [0, 0.05) is 6.42 Å². The van der Waals surface area contributed by atoms with Gasteiger partial charge in [0.2, 0.25) is 0 Å². The molecule has 1 aromatic carbocycles. The third-order valence-electron chi connectivity index (χ3n) is 3.37. The van der Waals surface area contributed by atoms with Crippen molar-refractivity contribution in [3.8, 4) is 11.1 Å². The number of nitrogens with two attached hydrogens (primary N) is 1. The maximum Gasteiger partial charge on any atom is 0.175 e. The van der Waals surface area contributed by atoms with E-state index >= 15 is 0 Å². The molecule has 0 radical (unpaired) electrons. The lowest BCUT2D eigenvalue weighted by Crippen LogP contribution is -1.93. The zero-order valence-electron chi connectivity index (χ0n) is 9.94. The molecule has 17 heavy (non-hydrogen) atoms. The van der Waals surface area contributed by atoms with Gasteiger partial charge < -0.3 is 10.3 Å². The highest BCUT2D eigenvalue weighted by Crippen LogP contribution is 2.38. The summed E-state index contributed by atoms with van der Waals surface area (Å²) in [5.74, 6) is 2.22. The molecule has 3 heteroatoms. The van der Waals surface area contributed by atoms with Gasteiger partial charge >= 0.3 is 0 Å². The number of benzene rings is 1. The summed E-state index contributed by atoms with van der Waals surface area (Å²) < 4.78 is 5.38. The summed E-state index contributed by atoms with van der Waals surface area (Å²) in [5, 5.41) is 3.92. The van der Waals surface area contributed by atoms with Crippen LogP contribution < -0.4 is 5.73 Å². The highest BCUT2D eigenvalue weighted by molar-refractivity contribution is 5.77. The maximum atomic E-state index is 5.93. The van der Waals surface area contributed by atoms with Gasteiger partial charge in [-0.05, 0) is 36.8 Å². The van der Waals surface area contributed by atoms with Crippen molar-refractivity contribution in [2.45, 2.75) is 26.2 Å². The Balaban J connectivity index is 2.06. The van der Waals surface area contributed by atoms with Crippen LogP contribution in [0.1, 0.15) is 24.2 Å². The summed E-state index contributed by atoms with van der Waals surface area (Å²) in [6, 6.07) is 8.22. The Labute approximate surface area is 101 Å². The molecule has 2 aromatic rings. The summed E-state index contributed by atoms with van der Waals surface area (Å²) in [5.41, 5.74) is 9.28. The van der Waals surface area contributed by atoms with Crippen LogP contribution in [-0.4, -0.2) is 5.16 Å². The van der Waals surface area contributed by atoms with Crippen molar-refractivity contribution in [3.63, 3.8) is 0 Å². The molecular weight excluding hydrogens is 212 g/mol. The molecule has 0 amide bonds. The lowest BCUT2D eigenvalue weighted by Gasteiger charge is -2.05. The van der Waals surface area contributed by atoms with Gasteiger partial charge in [0.15, 0.2) is 5.82 Å². The Kier molecular flexibility index (Phi) is 2.39. The zero-order valence-corrected chi connectivity index (χ0v) is 9.94. The normalized spacial score (nSPS) is 15.1. The van der Waals surface area contributed by atoms with Gasteiger partial charge in [0.1, 0.15) is 5.76 Å². The van der Waals surface area contributed by atoms with E-state index in [1.165, 1.54) is 18.4 Å². The highest BCUT2D eigenvalue weighted by Gasteiger charge is 2.27. The second-order valence-electron chi connectivity index (χ2n) is 4.83. The van der Waals surface area contributed by atoms with Gasteiger partial charge in [-0.3, -0.25) is 0 Å². The SMILES string of the molecule is Cc1ccccc1-c1c(N)noc1CC1CC1. The fourth-order valence-electron chi connectivity index (χ4n) is 2.20. The Bertz CT molecular complexity index is 541. The van der Waals surface area contributed by atoms with Crippen molar-refractivity contribution in [1.82, 2.24) is 5.16 Å². The molecule has 88 valence electrons. The quantitative estimate of drug-likeness (QED) is 0.877. The van der Waals surface area contributed by atoms with Crippen LogP contribution >= 0.6 is 0 Å². The molecule has 0 atom stereocenters. The van der Waals surface area contributed by atoms with E-state index in [0.717, 1.165) is 29.2 Å². The Morgan fingerprint density at radius 3 is 2.82 bits per heavy atom. The van der Waals surface area contributed by atoms with E-state index in [4.69, 9.17) is 10.3 Å². The van der Waals surface area contributed by atoms with E-state index < -0.39 is 0 Å². The van der Waals surface area contributed by atoms with Gasteiger partial charge in [0.25, 0.3) is 0 Å². The first-order valence-corrected chi connectivity index (χ1v) is 6.05. The number of hydrogen-bond donors (Lipinski definition) is 1. The molecule has 3 nitrogen and oxygen atoms in total. The average molecular weight is 228 g/mol. The molecule has 1 aliphatic rings. The summed E-state index contributed by atoms with van der Waals surface area (Å²) in [7, 11) is 0. The Hall–Kier alpha value is -1.77. The summed E-state index contributed by atoms with van der Waals surface area (Å²) >= 11 is 0. The molecule has 0 aliphatic heterocycles. The largest absolute Gasteiger partial charge is 0.380 e. The molecular formula is C14H16N2O. The third-order valence-corrected chi connectivity index (χ3v) is 3.37. The number of nitrogens with zero attached hydrogens (tertiary/aromatic N) is 1. The third kappa shape index (κ3) is 1.93. The van der Waals surface area contributed by atoms with Crippen molar-refractivity contribution < 1.29 is 4.52 Å². The van der Waals surface area contributed by atoms with Crippen molar-refractivity contribution in [2.75, 3.05) is 5.73 Å². The lowest BCUT2D eigenvalue weighted by molar-refractivity contribution is 0.381. The average Bonchev–Trinajstić information content (AvgIpc) is 3.05. The van der Waals surface area contributed by atoms with Crippen LogP contribution in [0.5, 0.6) is 0 Å². The maximum absolute atomic E-state index is 5.93. The van der Waals surface area contributed by atoms with Crippen LogP contribution in [0, 0.1) is 12.8 Å².